The number of amides is 1. The molecule has 1 N–H and O–H groups in total. The fraction of sp³-hybridized carbons (Fsp3) is 0.500. The van der Waals surface area contributed by atoms with Crippen molar-refractivity contribution in [3.05, 3.63) is 32.8 Å². The molecule has 0 heterocycles. The highest BCUT2D eigenvalue weighted by molar-refractivity contribution is 9.10. The van der Waals surface area contributed by atoms with Crippen LogP contribution in [0.3, 0.4) is 0 Å². The molecule has 0 aliphatic carbocycles. The second-order valence-corrected chi connectivity index (χ2v) is 7.18. The van der Waals surface area contributed by atoms with Crippen molar-refractivity contribution in [2.45, 2.75) is 41.7 Å². The molecule has 0 spiro atoms. The Hall–Kier alpha value is -2.48. The van der Waals surface area contributed by atoms with Gasteiger partial charge >= 0.3 is 41.7 Å². The number of hydrogen-bond acceptors (Lipinski definition) is 3. The van der Waals surface area contributed by atoms with Gasteiger partial charge in [-0.3, -0.25) is 14.9 Å². The molecule has 21 heteroatoms. The number of benzene rings is 1. The molecule has 35 heavy (non-hydrogen) atoms. The Morgan fingerprint density at radius 1 is 0.743 bits per heavy atom. The Morgan fingerprint density at radius 2 is 1.17 bits per heavy atom. The fourth-order valence-corrected chi connectivity index (χ4v) is 2.66. The third kappa shape index (κ3) is 4.46. The van der Waals surface area contributed by atoms with Crippen molar-refractivity contribution in [3.8, 4) is 0 Å². The normalized spacial score (nSPS) is 16.0. The van der Waals surface area contributed by atoms with Crippen molar-refractivity contribution >= 4 is 33.2 Å². The molecule has 0 aliphatic heterocycles. The molecular weight excluding hydrogens is 609 g/mol. The number of nitrogens with one attached hydrogen (secondary N) is 1. The van der Waals surface area contributed by atoms with Crippen LogP contribution in [-0.2, 0) is 4.79 Å². The summed E-state index contributed by atoms with van der Waals surface area (Å²) in [7, 11) is 0. The van der Waals surface area contributed by atoms with Gasteiger partial charge < -0.3 is 5.32 Å². The molecule has 1 aromatic carbocycles. The molecule has 0 saturated carbocycles. The number of hydrogen-bond donors (Lipinski definition) is 1. The Balaban J connectivity index is 3.88. The fourth-order valence-electron chi connectivity index (χ4n) is 2.20. The highest BCUT2D eigenvalue weighted by Crippen LogP contribution is 2.62. The minimum atomic E-state index is -8.41. The number of alkyl halides is 15. The molecule has 0 fully saturated rings. The molecule has 1 aromatic rings. The standard InChI is InChI=1S/C14H4BrF15N2O3/c15-5-3-4(32(34)35)1-2-6(5)31-7(33)8(16,10(19,20)13(25,26)27)9(17,18)11(21,22)12(23,24)14(28,29)30/h1-3H,(H,31,33). The second-order valence-electron chi connectivity index (χ2n) is 6.33. The van der Waals surface area contributed by atoms with Crippen LogP contribution in [0.5, 0.6) is 0 Å². The zero-order valence-electron chi connectivity index (χ0n) is 15.5. The maximum Gasteiger partial charge on any atom is 0.460 e. The first-order valence-electron chi connectivity index (χ1n) is 7.80. The Labute approximate surface area is 189 Å². The lowest BCUT2D eigenvalue weighted by Crippen LogP contribution is -2.77. The van der Waals surface area contributed by atoms with Crippen LogP contribution in [0.1, 0.15) is 0 Å². The molecule has 1 atom stereocenters. The lowest BCUT2D eigenvalue weighted by Gasteiger charge is -2.43. The van der Waals surface area contributed by atoms with Crippen molar-refractivity contribution in [2.75, 3.05) is 5.32 Å². The van der Waals surface area contributed by atoms with Crippen molar-refractivity contribution in [1.82, 2.24) is 0 Å². The number of anilines is 1. The van der Waals surface area contributed by atoms with Gasteiger partial charge in [0.25, 0.3) is 11.6 Å². The molecule has 5 nitrogen and oxygen atoms in total. The van der Waals surface area contributed by atoms with Crippen LogP contribution < -0.4 is 5.32 Å². The van der Waals surface area contributed by atoms with E-state index >= 15 is 0 Å². The van der Waals surface area contributed by atoms with Gasteiger partial charge in [0.15, 0.2) is 0 Å². The highest BCUT2D eigenvalue weighted by Gasteiger charge is 2.94. The Bertz CT molecular complexity index is 1010. The van der Waals surface area contributed by atoms with Crippen molar-refractivity contribution in [1.29, 1.82) is 0 Å². The van der Waals surface area contributed by atoms with Crippen LogP contribution in [-0.4, -0.2) is 52.5 Å². The van der Waals surface area contributed by atoms with E-state index in [1.807, 2.05) is 0 Å². The molecule has 0 saturated heterocycles. The molecule has 0 radical (unpaired) electrons. The molecule has 0 aliphatic rings. The summed E-state index contributed by atoms with van der Waals surface area (Å²) in [6, 6.07) is 0.724. The van der Waals surface area contributed by atoms with Crippen LogP contribution in [0, 0.1) is 10.1 Å². The van der Waals surface area contributed by atoms with Crippen LogP contribution in [0.25, 0.3) is 0 Å². The first-order valence-corrected chi connectivity index (χ1v) is 8.60. The molecular formula is C14H4BrF15N2O3. The second kappa shape index (κ2) is 8.57. The predicted octanol–water partition coefficient (Wildman–Crippen LogP) is 6.67. The van der Waals surface area contributed by atoms with E-state index in [9.17, 15) is 80.8 Å². The van der Waals surface area contributed by atoms with E-state index in [1.165, 1.54) is 0 Å². The van der Waals surface area contributed by atoms with Gasteiger partial charge in [0.1, 0.15) is 0 Å². The van der Waals surface area contributed by atoms with Gasteiger partial charge in [-0.25, -0.2) is 4.39 Å². The van der Waals surface area contributed by atoms with Crippen molar-refractivity contribution in [2.24, 2.45) is 0 Å². The number of nitro benzene ring substituents is 1. The van der Waals surface area contributed by atoms with Gasteiger partial charge in [0, 0.05) is 16.6 Å². The van der Waals surface area contributed by atoms with Crippen LogP contribution >= 0.6 is 15.9 Å². The summed E-state index contributed by atoms with van der Waals surface area (Å²) in [4.78, 5) is 21.2. The molecule has 1 rings (SSSR count). The predicted molar refractivity (Wildman–Crippen MR) is 85.2 cm³/mol. The summed E-state index contributed by atoms with van der Waals surface area (Å²) >= 11 is 2.29. The van der Waals surface area contributed by atoms with E-state index in [0.29, 0.717) is 11.4 Å². The number of carbonyl (C=O) groups is 1. The monoisotopic (exact) mass is 612 g/mol. The zero-order chi connectivity index (χ0) is 28.2. The van der Waals surface area contributed by atoms with Gasteiger partial charge in [-0.05, 0) is 22.0 Å². The summed E-state index contributed by atoms with van der Waals surface area (Å²) < 4.78 is 197. The highest BCUT2D eigenvalue weighted by atomic mass is 79.9. The average Bonchev–Trinajstić information content (AvgIpc) is 2.66. The first kappa shape index (κ1) is 30.6. The summed E-state index contributed by atoms with van der Waals surface area (Å²) in [5.74, 6) is -37.1. The zero-order valence-corrected chi connectivity index (χ0v) is 17.0. The third-order valence-electron chi connectivity index (χ3n) is 4.09. The van der Waals surface area contributed by atoms with E-state index in [4.69, 9.17) is 0 Å². The van der Waals surface area contributed by atoms with Gasteiger partial charge in [-0.15, -0.1) is 0 Å². The number of nitro groups is 1. The third-order valence-corrected chi connectivity index (χ3v) is 4.75. The Morgan fingerprint density at radius 3 is 1.51 bits per heavy atom. The number of rotatable bonds is 7. The number of carbonyl (C=O) groups excluding carboxylic acids is 1. The van der Waals surface area contributed by atoms with E-state index in [2.05, 4.69) is 15.9 Å². The van der Waals surface area contributed by atoms with Crippen LogP contribution in [0.2, 0.25) is 0 Å². The minimum Gasteiger partial charge on any atom is -0.322 e. The maximum absolute atomic E-state index is 14.7. The van der Waals surface area contributed by atoms with E-state index in [1.54, 1.807) is 0 Å². The summed E-state index contributed by atoms with van der Waals surface area (Å²) in [5, 5.41) is 11.0. The SMILES string of the molecule is O=C(Nc1ccc([N+](=O)[O-])cc1Br)C(F)(C(F)(F)C(F)(F)F)C(F)(F)C(F)(F)C(F)(F)C(F)(F)F. The van der Waals surface area contributed by atoms with E-state index < -0.39 is 68.4 Å². The molecule has 200 valence electrons. The van der Waals surface area contributed by atoms with Crippen molar-refractivity contribution in [3.63, 3.8) is 0 Å². The van der Waals surface area contributed by atoms with Gasteiger partial charge in [0.05, 0.1) is 10.6 Å². The number of non-ortho nitro benzene ring substituents is 1. The Kier molecular flexibility index (Phi) is 7.48. The lowest BCUT2D eigenvalue weighted by atomic mass is 9.82. The van der Waals surface area contributed by atoms with Gasteiger partial charge in [-0.2, -0.15) is 61.5 Å². The number of halogens is 16. The van der Waals surface area contributed by atoms with E-state index in [-0.39, 0.29) is 12.1 Å². The van der Waals surface area contributed by atoms with Crippen LogP contribution in [0.4, 0.5) is 77.2 Å². The molecule has 0 bridgehead atoms. The smallest absolute Gasteiger partial charge is 0.322 e. The molecule has 1 amide bonds. The van der Waals surface area contributed by atoms with Gasteiger partial charge in [0.2, 0.25) is 0 Å². The molecule has 0 aromatic heterocycles. The van der Waals surface area contributed by atoms with Crippen LogP contribution in [0.15, 0.2) is 22.7 Å². The quantitative estimate of drug-likeness (QED) is 0.212. The molecule has 1 unspecified atom stereocenters. The summed E-state index contributed by atoms with van der Waals surface area (Å²) in [5.41, 5.74) is -10.2. The largest absolute Gasteiger partial charge is 0.460 e. The average molecular weight is 613 g/mol. The lowest BCUT2D eigenvalue weighted by molar-refractivity contribution is -0.432. The summed E-state index contributed by atoms with van der Waals surface area (Å²) in [6.45, 7) is 0. The van der Waals surface area contributed by atoms with E-state index in [0.717, 1.165) is 0 Å². The van der Waals surface area contributed by atoms with Gasteiger partial charge in [-0.1, -0.05) is 0 Å². The summed E-state index contributed by atoms with van der Waals surface area (Å²) in [6.07, 6.45) is -15.5. The minimum absolute atomic E-state index is 0.146. The van der Waals surface area contributed by atoms with Crippen molar-refractivity contribution < 1.29 is 75.6 Å². The number of nitrogens with zero attached hydrogens (tertiary/aromatic N) is 1. The topological polar surface area (TPSA) is 72.2 Å². The maximum atomic E-state index is 14.7. The first-order chi connectivity index (χ1) is 15.2.